The minimum absolute atomic E-state index is 0.279. The standard InChI is InChI=1S/C15H12F4N2O/c1-9-8-10(6-7-12(9)16)20-14(22)21-13-5-3-2-4-11(13)15(17,18)19/h2-8H,1H3,(H2,20,21,22). The normalized spacial score (nSPS) is 11.1. The molecule has 7 heteroatoms. The van der Waals surface area contributed by atoms with Crippen LogP contribution in [-0.4, -0.2) is 6.03 Å². The van der Waals surface area contributed by atoms with Crippen LogP contribution in [0.2, 0.25) is 0 Å². The smallest absolute Gasteiger partial charge is 0.308 e. The Kier molecular flexibility index (Phi) is 4.35. The summed E-state index contributed by atoms with van der Waals surface area (Å²) < 4.78 is 51.5. The summed E-state index contributed by atoms with van der Waals surface area (Å²) in [5, 5.41) is 4.49. The number of aryl methyl sites for hydroxylation is 1. The number of rotatable bonds is 2. The van der Waals surface area contributed by atoms with Crippen molar-refractivity contribution in [1.29, 1.82) is 0 Å². The van der Waals surface area contributed by atoms with E-state index in [9.17, 15) is 22.4 Å². The van der Waals surface area contributed by atoms with Crippen LogP contribution in [-0.2, 0) is 6.18 Å². The van der Waals surface area contributed by atoms with Gasteiger partial charge in [0, 0.05) is 5.69 Å². The number of alkyl halides is 3. The summed E-state index contributed by atoms with van der Waals surface area (Å²) in [5.41, 5.74) is -0.707. The maximum Gasteiger partial charge on any atom is 0.418 e. The van der Waals surface area contributed by atoms with E-state index in [1.807, 2.05) is 0 Å². The summed E-state index contributed by atoms with van der Waals surface area (Å²) in [6.07, 6.45) is -4.57. The molecular formula is C15H12F4N2O. The zero-order chi connectivity index (χ0) is 16.3. The SMILES string of the molecule is Cc1cc(NC(=O)Nc2ccccc2C(F)(F)F)ccc1F. The van der Waals surface area contributed by atoms with Crippen molar-refractivity contribution in [1.82, 2.24) is 0 Å². The number of anilines is 2. The van der Waals surface area contributed by atoms with Crippen molar-refractivity contribution in [3.8, 4) is 0 Å². The third kappa shape index (κ3) is 3.75. The van der Waals surface area contributed by atoms with Gasteiger partial charge >= 0.3 is 12.2 Å². The van der Waals surface area contributed by atoms with Crippen LogP contribution in [0, 0.1) is 12.7 Å². The van der Waals surface area contributed by atoms with E-state index >= 15 is 0 Å². The summed E-state index contributed by atoms with van der Waals surface area (Å²) in [4.78, 5) is 11.8. The summed E-state index contributed by atoms with van der Waals surface area (Å²) in [7, 11) is 0. The lowest BCUT2D eigenvalue weighted by Gasteiger charge is -2.14. The highest BCUT2D eigenvalue weighted by atomic mass is 19.4. The van der Waals surface area contributed by atoms with E-state index in [0.717, 1.165) is 18.2 Å². The van der Waals surface area contributed by atoms with Gasteiger partial charge in [-0.3, -0.25) is 0 Å². The molecule has 2 N–H and O–H groups in total. The molecule has 0 aliphatic rings. The van der Waals surface area contributed by atoms with Crippen LogP contribution in [0.15, 0.2) is 42.5 Å². The van der Waals surface area contributed by atoms with Gasteiger partial charge in [-0.1, -0.05) is 12.1 Å². The predicted molar refractivity (Wildman–Crippen MR) is 75.2 cm³/mol. The molecule has 2 amide bonds. The molecule has 116 valence electrons. The van der Waals surface area contributed by atoms with Gasteiger partial charge in [-0.05, 0) is 42.8 Å². The summed E-state index contributed by atoms with van der Waals surface area (Å²) in [6.45, 7) is 1.51. The largest absolute Gasteiger partial charge is 0.418 e. The molecule has 2 rings (SSSR count). The fourth-order valence-corrected chi connectivity index (χ4v) is 1.85. The van der Waals surface area contributed by atoms with Crippen molar-refractivity contribution >= 4 is 17.4 Å². The molecule has 0 atom stereocenters. The van der Waals surface area contributed by atoms with Crippen molar-refractivity contribution < 1.29 is 22.4 Å². The van der Waals surface area contributed by atoms with E-state index < -0.39 is 23.6 Å². The minimum Gasteiger partial charge on any atom is -0.308 e. The molecule has 0 radical (unpaired) electrons. The van der Waals surface area contributed by atoms with Crippen molar-refractivity contribution in [2.45, 2.75) is 13.1 Å². The average Bonchev–Trinajstić information content (AvgIpc) is 2.42. The molecule has 0 fully saturated rings. The quantitative estimate of drug-likeness (QED) is 0.769. The van der Waals surface area contributed by atoms with Gasteiger partial charge < -0.3 is 10.6 Å². The molecule has 0 bridgehead atoms. The highest BCUT2D eigenvalue weighted by molar-refractivity contribution is 6.00. The number of urea groups is 1. The molecule has 0 unspecified atom stereocenters. The molecule has 3 nitrogen and oxygen atoms in total. The molecule has 0 heterocycles. The second kappa shape index (κ2) is 6.05. The van der Waals surface area contributed by atoms with Gasteiger partial charge in [0.05, 0.1) is 11.3 Å². The van der Waals surface area contributed by atoms with Gasteiger partial charge in [0.1, 0.15) is 5.82 Å². The second-order valence-corrected chi connectivity index (χ2v) is 4.59. The maximum absolute atomic E-state index is 13.1. The van der Waals surface area contributed by atoms with E-state index in [0.29, 0.717) is 5.56 Å². The fraction of sp³-hybridized carbons (Fsp3) is 0.133. The Bertz CT molecular complexity index is 698. The Balaban J connectivity index is 2.14. The first kappa shape index (κ1) is 15.8. The van der Waals surface area contributed by atoms with E-state index in [1.165, 1.54) is 31.2 Å². The number of carbonyl (C=O) groups excluding carboxylic acids is 1. The third-order valence-electron chi connectivity index (χ3n) is 2.90. The van der Waals surface area contributed by atoms with E-state index in [1.54, 1.807) is 0 Å². The zero-order valence-electron chi connectivity index (χ0n) is 11.5. The molecule has 0 aromatic heterocycles. The van der Waals surface area contributed by atoms with Gasteiger partial charge in [0.25, 0.3) is 0 Å². The molecular weight excluding hydrogens is 300 g/mol. The molecule has 0 aliphatic heterocycles. The summed E-state index contributed by atoms with van der Waals surface area (Å²) in [5.74, 6) is -0.437. The number of carbonyl (C=O) groups is 1. The first-order valence-electron chi connectivity index (χ1n) is 6.28. The average molecular weight is 312 g/mol. The molecule has 22 heavy (non-hydrogen) atoms. The number of para-hydroxylation sites is 1. The number of halogens is 4. The Morgan fingerprint density at radius 2 is 1.73 bits per heavy atom. The number of amides is 2. The predicted octanol–water partition coefficient (Wildman–Crippen LogP) is 4.80. The Hall–Kier alpha value is -2.57. The van der Waals surface area contributed by atoms with E-state index in [-0.39, 0.29) is 11.4 Å². The fourth-order valence-electron chi connectivity index (χ4n) is 1.85. The van der Waals surface area contributed by atoms with Gasteiger partial charge in [-0.15, -0.1) is 0 Å². The monoisotopic (exact) mass is 312 g/mol. The number of benzene rings is 2. The van der Waals surface area contributed by atoms with Crippen LogP contribution in [0.1, 0.15) is 11.1 Å². The van der Waals surface area contributed by atoms with Crippen molar-refractivity contribution in [2.75, 3.05) is 10.6 Å². The first-order chi connectivity index (χ1) is 10.3. The van der Waals surface area contributed by atoms with Crippen LogP contribution in [0.4, 0.5) is 33.7 Å². The lowest BCUT2D eigenvalue weighted by atomic mass is 10.1. The van der Waals surface area contributed by atoms with Crippen molar-refractivity contribution in [3.63, 3.8) is 0 Å². The van der Waals surface area contributed by atoms with Gasteiger partial charge in [-0.25, -0.2) is 9.18 Å². The molecule has 0 saturated heterocycles. The lowest BCUT2D eigenvalue weighted by Crippen LogP contribution is -2.21. The molecule has 2 aromatic carbocycles. The number of hydrogen-bond donors (Lipinski definition) is 2. The van der Waals surface area contributed by atoms with Crippen molar-refractivity contribution in [3.05, 3.63) is 59.4 Å². The third-order valence-corrected chi connectivity index (χ3v) is 2.90. The lowest BCUT2D eigenvalue weighted by molar-refractivity contribution is -0.136. The number of nitrogens with one attached hydrogen (secondary N) is 2. The van der Waals surface area contributed by atoms with Crippen LogP contribution in [0.3, 0.4) is 0 Å². The van der Waals surface area contributed by atoms with Crippen LogP contribution in [0.5, 0.6) is 0 Å². The topological polar surface area (TPSA) is 41.1 Å². The van der Waals surface area contributed by atoms with E-state index in [4.69, 9.17) is 0 Å². The Labute approximate surface area is 124 Å². The zero-order valence-corrected chi connectivity index (χ0v) is 11.5. The Morgan fingerprint density at radius 3 is 2.36 bits per heavy atom. The van der Waals surface area contributed by atoms with Gasteiger partial charge in [0.15, 0.2) is 0 Å². The second-order valence-electron chi connectivity index (χ2n) is 4.59. The highest BCUT2D eigenvalue weighted by Gasteiger charge is 2.33. The maximum atomic E-state index is 13.1. The van der Waals surface area contributed by atoms with E-state index in [2.05, 4.69) is 10.6 Å². The summed E-state index contributed by atoms with van der Waals surface area (Å²) in [6, 6.07) is 7.65. The minimum atomic E-state index is -4.57. The van der Waals surface area contributed by atoms with Gasteiger partial charge in [0.2, 0.25) is 0 Å². The highest BCUT2D eigenvalue weighted by Crippen LogP contribution is 2.34. The van der Waals surface area contributed by atoms with Crippen molar-refractivity contribution in [2.24, 2.45) is 0 Å². The molecule has 0 saturated carbocycles. The van der Waals surface area contributed by atoms with Crippen LogP contribution >= 0.6 is 0 Å². The Morgan fingerprint density at radius 1 is 1.05 bits per heavy atom. The summed E-state index contributed by atoms with van der Waals surface area (Å²) >= 11 is 0. The molecule has 0 spiro atoms. The van der Waals surface area contributed by atoms with Gasteiger partial charge in [-0.2, -0.15) is 13.2 Å². The molecule has 0 aliphatic carbocycles. The number of hydrogen-bond acceptors (Lipinski definition) is 1. The van der Waals surface area contributed by atoms with Crippen LogP contribution < -0.4 is 10.6 Å². The molecule has 2 aromatic rings. The first-order valence-corrected chi connectivity index (χ1v) is 6.28. The van der Waals surface area contributed by atoms with Crippen LogP contribution in [0.25, 0.3) is 0 Å².